The van der Waals surface area contributed by atoms with Crippen LogP contribution in [0.25, 0.3) is 21.8 Å². The predicted octanol–water partition coefficient (Wildman–Crippen LogP) is 4.25. The minimum Gasteiger partial charge on any atom is -0.363 e. The Balaban J connectivity index is 1.59. The molecule has 9 heteroatoms. The summed E-state index contributed by atoms with van der Waals surface area (Å²) in [7, 11) is 0. The Kier molecular flexibility index (Phi) is 7.42. The average molecular weight is 483 g/mol. The molecule has 0 aliphatic carbocycles. The standard InChI is InChI=1S/C26H19N5O3S/c27-24(33)23(32)21(15-17-9-3-1-4-10-17)29-31-30-25(34)20-14-8-7-13-19(20)22-16-35-26(28-22)18-11-5-2-6-12-18/h1-14,16,21H,15H2,(H-,27,33)/p+1. The van der Waals surface area contributed by atoms with Gasteiger partial charge in [-0.3, -0.25) is 14.4 Å². The Morgan fingerprint density at radius 2 is 1.57 bits per heavy atom. The van der Waals surface area contributed by atoms with Gasteiger partial charge in [-0.2, -0.15) is 0 Å². The van der Waals surface area contributed by atoms with Crippen LogP contribution in [-0.2, 0) is 16.0 Å². The summed E-state index contributed by atoms with van der Waals surface area (Å²) in [4.78, 5) is 44.7. The van der Waals surface area contributed by atoms with Gasteiger partial charge in [0, 0.05) is 22.9 Å². The SMILES string of the molecule is NC(=O)C(=O)C(Cc1ccccc1)N=[N+]=NC(=O)c1ccccc1-c1csc(-c2ccccc2)n1. The number of hydrogen-bond acceptors (Lipinski definition) is 6. The average Bonchev–Trinajstić information content (AvgIpc) is 3.39. The molecule has 1 aromatic heterocycles. The maximum atomic E-state index is 12.8. The van der Waals surface area contributed by atoms with Crippen molar-refractivity contribution in [2.45, 2.75) is 12.5 Å². The highest BCUT2D eigenvalue weighted by Gasteiger charge is 2.28. The molecule has 2 amide bonds. The van der Waals surface area contributed by atoms with Crippen LogP contribution in [0, 0.1) is 0 Å². The number of ketones is 1. The molecular weight excluding hydrogens is 462 g/mol. The molecule has 3 aromatic carbocycles. The fourth-order valence-electron chi connectivity index (χ4n) is 3.37. The largest absolute Gasteiger partial charge is 0.363 e. The Hall–Kier alpha value is -4.59. The van der Waals surface area contributed by atoms with Crippen LogP contribution in [0.4, 0.5) is 0 Å². The summed E-state index contributed by atoms with van der Waals surface area (Å²) in [5, 5.41) is 10.2. The van der Waals surface area contributed by atoms with Crippen LogP contribution in [0.1, 0.15) is 15.9 Å². The maximum absolute atomic E-state index is 12.8. The van der Waals surface area contributed by atoms with Crippen molar-refractivity contribution in [2.24, 2.45) is 16.0 Å². The zero-order chi connectivity index (χ0) is 24.6. The summed E-state index contributed by atoms with van der Waals surface area (Å²) in [6, 6.07) is 24.5. The number of thiazole rings is 1. The Labute approximate surface area is 204 Å². The number of nitrogens with two attached hydrogens (primary N) is 1. The van der Waals surface area contributed by atoms with Crippen LogP contribution in [0.5, 0.6) is 0 Å². The third-order valence-corrected chi connectivity index (χ3v) is 5.99. The molecule has 1 unspecified atom stereocenters. The summed E-state index contributed by atoms with van der Waals surface area (Å²) < 4.78 is 0. The zero-order valence-corrected chi connectivity index (χ0v) is 19.3. The van der Waals surface area contributed by atoms with Crippen LogP contribution in [0.3, 0.4) is 0 Å². The highest BCUT2D eigenvalue weighted by Crippen LogP contribution is 2.30. The van der Waals surface area contributed by atoms with Crippen molar-refractivity contribution in [3.8, 4) is 21.8 Å². The molecule has 1 heterocycles. The summed E-state index contributed by atoms with van der Waals surface area (Å²) in [5.74, 6) is -2.68. The first-order valence-corrected chi connectivity index (χ1v) is 11.5. The van der Waals surface area contributed by atoms with E-state index in [1.165, 1.54) is 11.3 Å². The molecule has 0 bridgehead atoms. The second-order valence-electron chi connectivity index (χ2n) is 7.49. The van der Waals surface area contributed by atoms with E-state index in [0.717, 1.165) is 16.1 Å². The van der Waals surface area contributed by atoms with E-state index in [1.807, 2.05) is 41.8 Å². The van der Waals surface area contributed by atoms with Gasteiger partial charge in [0.1, 0.15) is 10.1 Å². The number of amides is 2. The number of carbonyl (C=O) groups excluding carboxylic acids is 3. The molecule has 4 aromatic rings. The van der Waals surface area contributed by atoms with Crippen LogP contribution in [0.2, 0.25) is 0 Å². The number of aromatic nitrogens is 1. The molecule has 172 valence electrons. The van der Waals surface area contributed by atoms with E-state index in [2.05, 4.69) is 20.1 Å². The Morgan fingerprint density at radius 3 is 2.29 bits per heavy atom. The van der Waals surface area contributed by atoms with E-state index in [4.69, 9.17) is 5.73 Å². The Bertz CT molecular complexity index is 1430. The van der Waals surface area contributed by atoms with Gasteiger partial charge >= 0.3 is 5.91 Å². The highest BCUT2D eigenvalue weighted by molar-refractivity contribution is 7.13. The van der Waals surface area contributed by atoms with Gasteiger partial charge in [-0.15, -0.1) is 11.3 Å². The van der Waals surface area contributed by atoms with Crippen molar-refractivity contribution < 1.29 is 14.4 Å². The van der Waals surface area contributed by atoms with Gasteiger partial charge in [0.2, 0.25) is 16.1 Å². The minimum atomic E-state index is -1.17. The van der Waals surface area contributed by atoms with Crippen molar-refractivity contribution in [3.05, 3.63) is 101 Å². The van der Waals surface area contributed by atoms with Crippen molar-refractivity contribution in [1.82, 2.24) is 9.90 Å². The second-order valence-corrected chi connectivity index (χ2v) is 8.35. The number of primary amides is 1. The number of carbonyl (C=O) groups is 3. The molecule has 0 spiro atoms. The fourth-order valence-corrected chi connectivity index (χ4v) is 4.20. The van der Waals surface area contributed by atoms with E-state index in [1.54, 1.807) is 48.5 Å². The first-order valence-electron chi connectivity index (χ1n) is 10.7. The normalized spacial score (nSPS) is 11.2. The van der Waals surface area contributed by atoms with Crippen molar-refractivity contribution in [1.29, 1.82) is 0 Å². The summed E-state index contributed by atoms with van der Waals surface area (Å²) >= 11 is 1.47. The topological polar surface area (TPSA) is 129 Å². The lowest BCUT2D eigenvalue weighted by Crippen LogP contribution is -2.34. The number of benzene rings is 3. The predicted molar refractivity (Wildman–Crippen MR) is 132 cm³/mol. The lowest BCUT2D eigenvalue weighted by molar-refractivity contribution is -0.136. The lowest BCUT2D eigenvalue weighted by Gasteiger charge is -2.02. The molecule has 35 heavy (non-hydrogen) atoms. The molecular formula is C26H20N5O3S+. The van der Waals surface area contributed by atoms with Gasteiger partial charge < -0.3 is 5.73 Å². The van der Waals surface area contributed by atoms with Gasteiger partial charge in [-0.05, 0) is 11.6 Å². The van der Waals surface area contributed by atoms with E-state index < -0.39 is 23.6 Å². The third kappa shape index (κ3) is 5.86. The van der Waals surface area contributed by atoms with Gasteiger partial charge in [0.05, 0.1) is 11.3 Å². The molecule has 1 atom stereocenters. The number of nitrogens with zero attached hydrogens (tertiary/aromatic N) is 4. The van der Waals surface area contributed by atoms with Crippen LogP contribution >= 0.6 is 11.3 Å². The first-order chi connectivity index (χ1) is 17.0. The lowest BCUT2D eigenvalue weighted by atomic mass is 10.0. The number of rotatable bonds is 8. The molecule has 0 fully saturated rings. The van der Waals surface area contributed by atoms with Gasteiger partial charge in [0.25, 0.3) is 11.7 Å². The van der Waals surface area contributed by atoms with Crippen molar-refractivity contribution in [2.75, 3.05) is 0 Å². The van der Waals surface area contributed by atoms with Gasteiger partial charge in [0.15, 0.2) is 0 Å². The van der Waals surface area contributed by atoms with E-state index in [0.29, 0.717) is 11.3 Å². The molecule has 0 radical (unpaired) electrons. The summed E-state index contributed by atoms with van der Waals surface area (Å²) in [6.07, 6.45) is 0.105. The molecule has 8 nitrogen and oxygen atoms in total. The minimum absolute atomic E-state index is 0.105. The van der Waals surface area contributed by atoms with E-state index in [9.17, 15) is 14.4 Å². The second kappa shape index (κ2) is 11.0. The molecule has 0 saturated carbocycles. The van der Waals surface area contributed by atoms with E-state index >= 15 is 0 Å². The highest BCUT2D eigenvalue weighted by atomic mass is 32.1. The number of hydrogen-bond donors (Lipinski definition) is 1. The quantitative estimate of drug-likeness (QED) is 0.229. The molecule has 2 N–H and O–H groups in total. The fraction of sp³-hybridized carbons (Fsp3) is 0.0769. The summed E-state index contributed by atoms with van der Waals surface area (Å²) in [6.45, 7) is 0. The third-order valence-electron chi connectivity index (χ3n) is 5.10. The molecule has 4 rings (SSSR count). The van der Waals surface area contributed by atoms with Gasteiger partial charge in [-0.25, -0.2) is 4.98 Å². The molecule has 0 saturated heterocycles. The number of Topliss-reactive ketones (excluding diaryl/α,β-unsaturated/α-hetero) is 1. The molecule has 0 aliphatic heterocycles. The maximum Gasteiger partial charge on any atom is 0.361 e. The van der Waals surface area contributed by atoms with E-state index in [-0.39, 0.29) is 12.0 Å². The Morgan fingerprint density at radius 1 is 0.914 bits per heavy atom. The monoisotopic (exact) mass is 482 g/mol. The van der Waals surface area contributed by atoms with Crippen molar-refractivity contribution in [3.63, 3.8) is 0 Å². The van der Waals surface area contributed by atoms with Crippen LogP contribution in [0.15, 0.2) is 101 Å². The smallest absolute Gasteiger partial charge is 0.361 e. The van der Waals surface area contributed by atoms with Gasteiger partial charge in [-0.1, -0.05) is 78.9 Å². The zero-order valence-electron chi connectivity index (χ0n) is 18.4. The van der Waals surface area contributed by atoms with Crippen LogP contribution in [-0.4, -0.2) is 28.6 Å². The van der Waals surface area contributed by atoms with Crippen molar-refractivity contribution >= 4 is 28.9 Å². The summed E-state index contributed by atoms with van der Waals surface area (Å²) in [5.41, 5.74) is 8.42. The molecule has 0 aliphatic rings. The van der Waals surface area contributed by atoms with Crippen LogP contribution < -0.4 is 10.6 Å². The first kappa shape index (κ1) is 23.6.